The summed E-state index contributed by atoms with van der Waals surface area (Å²) in [5, 5.41) is 0. The van der Waals surface area contributed by atoms with Crippen molar-refractivity contribution < 1.29 is 17.9 Å². The second kappa shape index (κ2) is 4.30. The zero-order valence-corrected chi connectivity index (χ0v) is 7.27. The van der Waals surface area contributed by atoms with E-state index in [2.05, 4.69) is 9.46 Å². The molecule has 6 heteroatoms. The Labute approximate surface area is 65.8 Å². The van der Waals surface area contributed by atoms with Gasteiger partial charge in [-0.2, -0.15) is 0 Å². The molecule has 0 aliphatic rings. The van der Waals surface area contributed by atoms with Crippen LogP contribution in [-0.4, -0.2) is 34.3 Å². The Balaban J connectivity index is 3.80. The Morgan fingerprint density at radius 2 is 2.09 bits per heavy atom. The Bertz CT molecular complexity index is 221. The fourth-order valence-electron chi connectivity index (χ4n) is 0.422. The Hall–Kier alpha value is -0.620. The van der Waals surface area contributed by atoms with Gasteiger partial charge >= 0.3 is 5.97 Å². The van der Waals surface area contributed by atoms with Crippen molar-refractivity contribution in [3.8, 4) is 0 Å². The normalized spacial score (nSPS) is 11.1. The van der Waals surface area contributed by atoms with Gasteiger partial charge in [-0.05, 0) is 7.05 Å². The molecule has 0 rings (SSSR count). The van der Waals surface area contributed by atoms with E-state index in [-0.39, 0.29) is 12.2 Å². The van der Waals surface area contributed by atoms with E-state index in [1.54, 1.807) is 0 Å². The minimum absolute atomic E-state index is 0.111. The molecule has 1 N–H and O–H groups in total. The van der Waals surface area contributed by atoms with Crippen molar-refractivity contribution >= 4 is 16.0 Å². The number of carbonyl (C=O) groups excluding carboxylic acids is 1. The van der Waals surface area contributed by atoms with Gasteiger partial charge in [0.1, 0.15) is 0 Å². The summed E-state index contributed by atoms with van der Waals surface area (Å²) in [5.74, 6) is -0.750. The maximum absolute atomic E-state index is 10.7. The van der Waals surface area contributed by atoms with Crippen LogP contribution in [0.25, 0.3) is 0 Å². The lowest BCUT2D eigenvalue weighted by atomic mass is 10.5. The van der Waals surface area contributed by atoms with Crippen molar-refractivity contribution in [2.75, 3.05) is 19.9 Å². The molecule has 0 unspecified atom stereocenters. The van der Waals surface area contributed by atoms with Gasteiger partial charge in [0.05, 0.1) is 19.3 Å². The summed E-state index contributed by atoms with van der Waals surface area (Å²) in [6.45, 7) is 0. The molecule has 0 spiro atoms. The van der Waals surface area contributed by atoms with Crippen LogP contribution in [-0.2, 0) is 19.6 Å². The van der Waals surface area contributed by atoms with Crippen molar-refractivity contribution in [3.05, 3.63) is 0 Å². The van der Waals surface area contributed by atoms with Gasteiger partial charge in [-0.1, -0.05) is 0 Å². The van der Waals surface area contributed by atoms with Gasteiger partial charge < -0.3 is 4.74 Å². The Morgan fingerprint density at radius 3 is 2.45 bits per heavy atom. The third-order valence-electron chi connectivity index (χ3n) is 1.11. The number of nitrogens with one attached hydrogen (secondary N) is 1. The predicted molar refractivity (Wildman–Crippen MR) is 39.5 cm³/mol. The number of ether oxygens (including phenoxy) is 1. The summed E-state index contributed by atoms with van der Waals surface area (Å²) in [4.78, 5) is 10.5. The average molecular weight is 181 g/mol. The van der Waals surface area contributed by atoms with E-state index in [1.165, 1.54) is 14.2 Å². The highest BCUT2D eigenvalue weighted by atomic mass is 32.2. The zero-order valence-electron chi connectivity index (χ0n) is 6.46. The van der Waals surface area contributed by atoms with Crippen LogP contribution in [0.3, 0.4) is 0 Å². The van der Waals surface area contributed by atoms with E-state index in [0.717, 1.165) is 0 Å². The number of sulfonamides is 1. The molecule has 0 saturated carbocycles. The van der Waals surface area contributed by atoms with Crippen LogP contribution in [0.2, 0.25) is 0 Å². The third kappa shape index (κ3) is 4.74. The van der Waals surface area contributed by atoms with Crippen molar-refractivity contribution in [2.45, 2.75) is 6.42 Å². The fraction of sp³-hybridized carbons (Fsp3) is 0.800. The molecule has 66 valence electrons. The van der Waals surface area contributed by atoms with E-state index >= 15 is 0 Å². The molecule has 0 bridgehead atoms. The number of methoxy groups -OCH3 is 1. The molecule has 0 aliphatic carbocycles. The Morgan fingerprint density at radius 1 is 1.55 bits per heavy atom. The van der Waals surface area contributed by atoms with E-state index in [1.807, 2.05) is 0 Å². The van der Waals surface area contributed by atoms with E-state index in [9.17, 15) is 13.2 Å². The predicted octanol–water partition coefficient (Wildman–Crippen LogP) is -0.901. The fourth-order valence-corrected chi connectivity index (χ4v) is 1.06. The maximum Gasteiger partial charge on any atom is 0.306 e. The SMILES string of the molecule is CNS(=O)(=O)CCC(=O)OC. The number of carbonyl (C=O) groups is 1. The van der Waals surface area contributed by atoms with Crippen LogP contribution >= 0.6 is 0 Å². The molecular weight excluding hydrogens is 170 g/mol. The van der Waals surface area contributed by atoms with Gasteiger partial charge in [0.25, 0.3) is 0 Å². The summed E-state index contributed by atoms with van der Waals surface area (Å²) < 4.78 is 27.7. The van der Waals surface area contributed by atoms with Gasteiger partial charge in [-0.15, -0.1) is 0 Å². The smallest absolute Gasteiger partial charge is 0.306 e. The van der Waals surface area contributed by atoms with Crippen LogP contribution in [0, 0.1) is 0 Å². The molecule has 0 heterocycles. The summed E-state index contributed by atoms with van der Waals surface area (Å²) in [6.07, 6.45) is -0.111. The van der Waals surface area contributed by atoms with E-state index in [4.69, 9.17) is 0 Å². The maximum atomic E-state index is 10.7. The third-order valence-corrected chi connectivity index (χ3v) is 2.48. The highest BCUT2D eigenvalue weighted by Gasteiger charge is 2.10. The summed E-state index contributed by atoms with van der Waals surface area (Å²) in [7, 11) is -0.761. The molecule has 11 heavy (non-hydrogen) atoms. The van der Waals surface area contributed by atoms with Crippen molar-refractivity contribution in [2.24, 2.45) is 0 Å². The average Bonchev–Trinajstić information content (AvgIpc) is 2.00. The molecule has 0 saturated heterocycles. The van der Waals surface area contributed by atoms with Gasteiger partial charge in [-0.3, -0.25) is 4.79 Å². The lowest BCUT2D eigenvalue weighted by Gasteiger charge is -1.99. The number of esters is 1. The monoisotopic (exact) mass is 181 g/mol. The van der Waals surface area contributed by atoms with E-state index < -0.39 is 16.0 Å². The van der Waals surface area contributed by atoms with Gasteiger partial charge in [-0.25, -0.2) is 13.1 Å². The number of rotatable bonds is 4. The first kappa shape index (κ1) is 10.4. The summed E-state index contributed by atoms with van der Waals surface area (Å²) in [5.41, 5.74) is 0. The van der Waals surface area contributed by atoms with Gasteiger partial charge in [0.2, 0.25) is 10.0 Å². The highest BCUT2D eigenvalue weighted by molar-refractivity contribution is 7.89. The largest absolute Gasteiger partial charge is 0.469 e. The van der Waals surface area contributed by atoms with Crippen LogP contribution in [0.4, 0.5) is 0 Å². The Kier molecular flexibility index (Phi) is 4.06. The molecule has 0 amide bonds. The molecule has 0 aromatic rings. The second-order valence-corrected chi connectivity index (χ2v) is 3.90. The molecule has 0 aliphatic heterocycles. The lowest BCUT2D eigenvalue weighted by Crippen LogP contribution is -2.23. The quantitative estimate of drug-likeness (QED) is 0.570. The first-order valence-corrected chi connectivity index (χ1v) is 4.65. The first-order chi connectivity index (χ1) is 5.02. The molecule has 0 aromatic carbocycles. The molecule has 0 fully saturated rings. The first-order valence-electron chi connectivity index (χ1n) is 3.00. The van der Waals surface area contributed by atoms with Crippen molar-refractivity contribution in [1.82, 2.24) is 4.72 Å². The molecule has 0 aromatic heterocycles. The minimum Gasteiger partial charge on any atom is -0.469 e. The topological polar surface area (TPSA) is 72.5 Å². The molecule has 5 nitrogen and oxygen atoms in total. The standard InChI is InChI=1S/C5H11NO4S/c1-6-11(8,9)4-3-5(7)10-2/h6H,3-4H2,1-2H3. The van der Waals surface area contributed by atoms with Crippen LogP contribution in [0.5, 0.6) is 0 Å². The lowest BCUT2D eigenvalue weighted by molar-refractivity contribution is -0.140. The van der Waals surface area contributed by atoms with Crippen LogP contribution in [0.15, 0.2) is 0 Å². The van der Waals surface area contributed by atoms with Crippen molar-refractivity contribution in [1.29, 1.82) is 0 Å². The van der Waals surface area contributed by atoms with Crippen molar-refractivity contribution in [3.63, 3.8) is 0 Å². The molecule has 0 radical (unpaired) electrons. The second-order valence-electron chi connectivity index (χ2n) is 1.85. The minimum atomic E-state index is -3.28. The molecular formula is C5H11NO4S. The zero-order chi connectivity index (χ0) is 8.91. The summed E-state index contributed by atoms with van der Waals surface area (Å²) in [6, 6.07) is 0. The summed E-state index contributed by atoms with van der Waals surface area (Å²) >= 11 is 0. The van der Waals surface area contributed by atoms with Crippen LogP contribution in [0.1, 0.15) is 6.42 Å². The van der Waals surface area contributed by atoms with Gasteiger partial charge in [0.15, 0.2) is 0 Å². The number of hydrogen-bond donors (Lipinski definition) is 1. The van der Waals surface area contributed by atoms with Crippen LogP contribution < -0.4 is 4.72 Å². The molecule has 0 atom stereocenters. The number of hydrogen-bond acceptors (Lipinski definition) is 4. The highest BCUT2D eigenvalue weighted by Crippen LogP contribution is 1.89. The van der Waals surface area contributed by atoms with Gasteiger partial charge in [0, 0.05) is 0 Å². The van der Waals surface area contributed by atoms with E-state index in [0.29, 0.717) is 0 Å².